The summed E-state index contributed by atoms with van der Waals surface area (Å²) in [6.45, 7) is 17.5. The lowest BCUT2D eigenvalue weighted by atomic mass is 10.4. The van der Waals surface area contributed by atoms with E-state index in [0.29, 0.717) is 11.8 Å². The van der Waals surface area contributed by atoms with Gasteiger partial charge in [0.1, 0.15) is 6.23 Å². The van der Waals surface area contributed by atoms with Gasteiger partial charge in [-0.2, -0.15) is 0 Å². The van der Waals surface area contributed by atoms with Gasteiger partial charge in [-0.15, -0.1) is 0 Å². The van der Waals surface area contributed by atoms with E-state index >= 15 is 0 Å². The van der Waals surface area contributed by atoms with E-state index in [1.54, 1.807) is 6.92 Å². The van der Waals surface area contributed by atoms with Crippen LogP contribution in [0.25, 0.3) is 0 Å². The van der Waals surface area contributed by atoms with Crippen molar-refractivity contribution in [3.05, 3.63) is 12.2 Å². The molecule has 0 amide bonds. The molecule has 18 heavy (non-hydrogen) atoms. The predicted molar refractivity (Wildman–Crippen MR) is 80.4 cm³/mol. The summed E-state index contributed by atoms with van der Waals surface area (Å²) in [5.41, 5.74) is 0.417. The van der Waals surface area contributed by atoms with Crippen molar-refractivity contribution in [2.24, 2.45) is 0 Å². The number of hydrogen-bond acceptors (Lipinski definition) is 4. The number of hydrogen-bond donors (Lipinski definition) is 0. The standard InChI is InChI=1S/C11H25O4Si3/c1-10(2)11(12)13-9-17(5,6)15-18(7,8)14-16(3)4/h1,9H2,2-8H3. The van der Waals surface area contributed by atoms with Crippen LogP contribution in [0.15, 0.2) is 12.2 Å². The highest BCUT2D eigenvalue weighted by atomic mass is 28.5. The number of esters is 1. The molecule has 0 atom stereocenters. The third kappa shape index (κ3) is 7.98. The fourth-order valence-electron chi connectivity index (χ4n) is 1.57. The average molecular weight is 306 g/mol. The van der Waals surface area contributed by atoms with Crippen molar-refractivity contribution in [1.82, 2.24) is 0 Å². The Balaban J connectivity index is 4.38. The van der Waals surface area contributed by atoms with Crippen molar-refractivity contribution in [3.8, 4) is 0 Å². The summed E-state index contributed by atoms with van der Waals surface area (Å²) >= 11 is 0. The molecule has 0 unspecified atom stereocenters. The van der Waals surface area contributed by atoms with Crippen molar-refractivity contribution in [1.29, 1.82) is 0 Å². The first-order valence-electron chi connectivity index (χ1n) is 5.97. The van der Waals surface area contributed by atoms with Crippen LogP contribution in [0.1, 0.15) is 6.92 Å². The van der Waals surface area contributed by atoms with Gasteiger partial charge in [0, 0.05) is 5.57 Å². The molecule has 0 aromatic carbocycles. The second kappa shape index (κ2) is 6.81. The fourth-order valence-corrected chi connectivity index (χ4v) is 12.1. The van der Waals surface area contributed by atoms with Crippen LogP contribution in [0.3, 0.4) is 0 Å². The molecular formula is C11H25O4Si3. The zero-order chi connectivity index (χ0) is 14.6. The smallest absolute Gasteiger partial charge is 0.332 e. The molecule has 7 heteroatoms. The lowest BCUT2D eigenvalue weighted by Crippen LogP contribution is -2.51. The minimum Gasteiger partial charge on any atom is -0.463 e. The molecule has 0 rings (SSSR count). The third-order valence-corrected chi connectivity index (χ3v) is 10.5. The van der Waals surface area contributed by atoms with E-state index in [4.69, 9.17) is 13.0 Å². The lowest BCUT2D eigenvalue weighted by Gasteiger charge is -2.34. The van der Waals surface area contributed by atoms with Gasteiger partial charge in [-0.1, -0.05) is 6.58 Å². The largest absolute Gasteiger partial charge is 0.463 e. The van der Waals surface area contributed by atoms with Crippen LogP contribution >= 0.6 is 0 Å². The van der Waals surface area contributed by atoms with Crippen LogP contribution in [-0.4, -0.2) is 38.1 Å². The zero-order valence-corrected chi connectivity index (χ0v) is 15.5. The van der Waals surface area contributed by atoms with E-state index in [2.05, 4.69) is 19.7 Å². The topological polar surface area (TPSA) is 44.8 Å². The molecule has 0 heterocycles. The van der Waals surface area contributed by atoms with Crippen LogP contribution in [0.5, 0.6) is 0 Å². The fraction of sp³-hybridized carbons (Fsp3) is 0.727. The molecule has 105 valence electrons. The summed E-state index contributed by atoms with van der Waals surface area (Å²) < 4.78 is 17.3. The van der Waals surface area contributed by atoms with Gasteiger partial charge >= 0.3 is 14.5 Å². The molecule has 0 bridgehead atoms. The summed E-state index contributed by atoms with van der Waals surface area (Å²) in [6.07, 6.45) is 0.341. The highest BCUT2D eigenvalue weighted by Gasteiger charge is 2.36. The second-order valence-corrected chi connectivity index (χ2v) is 15.7. The molecule has 0 fully saturated rings. The van der Waals surface area contributed by atoms with Gasteiger partial charge in [-0.3, -0.25) is 0 Å². The van der Waals surface area contributed by atoms with Gasteiger partial charge in [-0.05, 0) is 46.2 Å². The Morgan fingerprint density at radius 2 is 1.72 bits per heavy atom. The number of ether oxygens (including phenoxy) is 1. The first-order valence-corrected chi connectivity index (χ1v) is 14.3. The van der Waals surface area contributed by atoms with E-state index in [0.717, 1.165) is 0 Å². The predicted octanol–water partition coefficient (Wildman–Crippen LogP) is 2.84. The van der Waals surface area contributed by atoms with Crippen LogP contribution in [0.2, 0.25) is 39.3 Å². The highest BCUT2D eigenvalue weighted by Crippen LogP contribution is 2.17. The minimum absolute atomic E-state index is 0.341. The van der Waals surface area contributed by atoms with E-state index < -0.39 is 25.9 Å². The Morgan fingerprint density at radius 3 is 2.11 bits per heavy atom. The van der Waals surface area contributed by atoms with Gasteiger partial charge in [0.25, 0.3) is 0 Å². The van der Waals surface area contributed by atoms with Crippen molar-refractivity contribution >= 4 is 31.9 Å². The van der Waals surface area contributed by atoms with Crippen molar-refractivity contribution in [2.75, 3.05) is 6.23 Å². The Bertz CT molecular complexity index is 313. The molecule has 0 aromatic heterocycles. The van der Waals surface area contributed by atoms with Gasteiger partial charge in [-0.25, -0.2) is 4.79 Å². The van der Waals surface area contributed by atoms with Crippen molar-refractivity contribution in [2.45, 2.75) is 46.2 Å². The van der Waals surface area contributed by atoms with Crippen LogP contribution in [0, 0.1) is 0 Å². The molecule has 1 radical (unpaired) electrons. The molecule has 0 aromatic rings. The zero-order valence-electron chi connectivity index (χ0n) is 12.5. The maximum atomic E-state index is 11.4. The van der Waals surface area contributed by atoms with Crippen molar-refractivity contribution in [3.63, 3.8) is 0 Å². The summed E-state index contributed by atoms with van der Waals surface area (Å²) in [4.78, 5) is 11.4. The first-order chi connectivity index (χ1) is 7.95. The number of carbonyl (C=O) groups is 1. The van der Waals surface area contributed by atoms with E-state index in [-0.39, 0.29) is 5.97 Å². The Kier molecular flexibility index (Phi) is 6.72. The molecule has 0 saturated heterocycles. The van der Waals surface area contributed by atoms with Gasteiger partial charge in [0.15, 0.2) is 9.04 Å². The normalized spacial score (nSPS) is 12.7. The van der Waals surface area contributed by atoms with E-state index in [9.17, 15) is 4.79 Å². The number of carbonyl (C=O) groups excluding carboxylic acids is 1. The Labute approximate surface area is 114 Å². The van der Waals surface area contributed by atoms with E-state index in [1.165, 1.54) is 0 Å². The molecule has 0 aliphatic heterocycles. The minimum atomic E-state index is -2.11. The Hall–Kier alpha value is -0.219. The molecule has 0 saturated carbocycles. The summed E-state index contributed by atoms with van der Waals surface area (Å²) in [7, 11) is -4.92. The molecule has 0 N–H and O–H groups in total. The Morgan fingerprint density at radius 1 is 1.22 bits per heavy atom. The SMILES string of the molecule is C=C(C)C(=O)OC[Si](C)(C)O[Si](C)(C)O[Si](C)C. The average Bonchev–Trinajstić information content (AvgIpc) is 2.09. The van der Waals surface area contributed by atoms with Crippen LogP contribution in [-0.2, 0) is 17.8 Å². The maximum Gasteiger partial charge on any atom is 0.332 e. The molecule has 0 aliphatic carbocycles. The van der Waals surface area contributed by atoms with Crippen LogP contribution < -0.4 is 0 Å². The summed E-state index contributed by atoms with van der Waals surface area (Å²) in [5.74, 6) is -0.352. The number of rotatable bonds is 7. The van der Waals surface area contributed by atoms with Crippen molar-refractivity contribution < 1.29 is 17.8 Å². The molecule has 4 nitrogen and oxygen atoms in total. The maximum absolute atomic E-state index is 11.4. The second-order valence-electron chi connectivity index (χ2n) is 5.63. The first kappa shape index (κ1) is 17.8. The van der Waals surface area contributed by atoms with Gasteiger partial charge in [0.05, 0.1) is 0 Å². The molecular weight excluding hydrogens is 280 g/mol. The quantitative estimate of drug-likeness (QED) is 0.412. The van der Waals surface area contributed by atoms with Gasteiger partial charge in [0.2, 0.25) is 8.32 Å². The third-order valence-electron chi connectivity index (χ3n) is 1.87. The summed E-state index contributed by atoms with van der Waals surface area (Å²) in [5, 5.41) is 0. The molecule has 0 spiro atoms. The van der Waals surface area contributed by atoms with E-state index in [1.807, 2.05) is 26.2 Å². The molecule has 0 aliphatic rings. The van der Waals surface area contributed by atoms with Crippen LogP contribution in [0.4, 0.5) is 0 Å². The monoisotopic (exact) mass is 305 g/mol. The lowest BCUT2D eigenvalue weighted by molar-refractivity contribution is -0.137. The summed E-state index contributed by atoms with van der Waals surface area (Å²) in [6, 6.07) is 0. The van der Waals surface area contributed by atoms with Gasteiger partial charge < -0.3 is 13.0 Å². The highest BCUT2D eigenvalue weighted by molar-refractivity contribution is 6.84.